The Hall–Kier alpha value is -0.450. The van der Waals surface area contributed by atoms with Gasteiger partial charge in [0.25, 0.3) is 0 Å². The average Bonchev–Trinajstić information content (AvgIpc) is 2.86. The summed E-state index contributed by atoms with van der Waals surface area (Å²) in [6.45, 7) is 7.63. The van der Waals surface area contributed by atoms with Gasteiger partial charge in [0, 0.05) is 13.0 Å². The first-order valence-corrected chi connectivity index (χ1v) is 10.8. The number of fused-ring (bicyclic) bond motifs is 5. The third-order valence-electron chi connectivity index (χ3n) is 9.11. The number of ether oxygens (including phenoxy) is 2. The fourth-order valence-electron chi connectivity index (χ4n) is 7.33. The molecule has 0 amide bonds. The maximum atomic E-state index is 12.6. The van der Waals surface area contributed by atoms with Crippen LogP contribution in [-0.4, -0.2) is 36.0 Å². The van der Waals surface area contributed by atoms with E-state index in [1.165, 1.54) is 12.8 Å². The Kier molecular flexibility index (Phi) is 4.77. The molecule has 1 N–H and O–H groups in total. The molecule has 4 nitrogen and oxygen atoms in total. The van der Waals surface area contributed by atoms with E-state index >= 15 is 0 Å². The summed E-state index contributed by atoms with van der Waals surface area (Å²) in [6, 6.07) is 0. The molecule has 4 saturated carbocycles. The van der Waals surface area contributed by atoms with Crippen LogP contribution in [0.25, 0.3) is 0 Å². The molecule has 7 atom stereocenters. The van der Waals surface area contributed by atoms with E-state index in [-0.39, 0.29) is 5.41 Å². The predicted octanol–water partition coefficient (Wildman–Crippen LogP) is 4.09. The number of ketones is 1. The molecular weight excluding hydrogens is 328 g/mol. The van der Waals surface area contributed by atoms with Crippen LogP contribution in [0.1, 0.15) is 78.6 Å². The first-order valence-electron chi connectivity index (χ1n) is 10.8. The second-order valence-corrected chi connectivity index (χ2v) is 9.88. The largest absolute Gasteiger partial charge is 0.389 e. The van der Waals surface area contributed by atoms with Crippen molar-refractivity contribution in [3.63, 3.8) is 0 Å². The van der Waals surface area contributed by atoms with Crippen LogP contribution in [0.3, 0.4) is 0 Å². The minimum atomic E-state index is -0.761. The van der Waals surface area contributed by atoms with Gasteiger partial charge in [0.1, 0.15) is 12.6 Å². The fraction of sp³-hybridized carbons (Fsp3) is 0.955. The highest BCUT2D eigenvalue weighted by atomic mass is 16.7. The number of hydrogen-bond donors (Lipinski definition) is 1. The van der Waals surface area contributed by atoms with Crippen molar-refractivity contribution in [2.75, 3.05) is 13.4 Å². The van der Waals surface area contributed by atoms with Crippen molar-refractivity contribution in [3.05, 3.63) is 0 Å². The van der Waals surface area contributed by atoms with Gasteiger partial charge in [-0.25, -0.2) is 0 Å². The maximum Gasteiger partial charge on any atom is 0.147 e. The summed E-state index contributed by atoms with van der Waals surface area (Å²) in [5, 5.41) is 11.7. The molecule has 4 fully saturated rings. The van der Waals surface area contributed by atoms with Crippen LogP contribution in [0.15, 0.2) is 0 Å². The Balaban J connectivity index is 1.51. The van der Waals surface area contributed by atoms with Gasteiger partial charge in [-0.2, -0.15) is 0 Å². The van der Waals surface area contributed by atoms with Crippen molar-refractivity contribution in [2.45, 2.75) is 90.3 Å². The Bertz CT molecular complexity index is 562. The van der Waals surface area contributed by atoms with Crippen molar-refractivity contribution in [3.8, 4) is 0 Å². The first kappa shape index (κ1) is 18.9. The van der Waals surface area contributed by atoms with Crippen LogP contribution >= 0.6 is 0 Å². The standard InChI is InChI=1S/C22H36O4/c1-4-25-14-26-16-7-10-20(2)15(13-16)5-6-18-17(20)8-11-21(3)19(23)9-12-22(18,21)24/h15-18,24H,4-14H2,1-3H3/t15-,16+,17+,18-,20+,21-,22+/m1/s1. The van der Waals surface area contributed by atoms with Gasteiger partial charge in [-0.1, -0.05) is 6.92 Å². The zero-order chi connectivity index (χ0) is 18.6. The van der Waals surface area contributed by atoms with Gasteiger partial charge in [-0.3, -0.25) is 4.79 Å². The summed E-state index contributed by atoms with van der Waals surface area (Å²) in [6.07, 6.45) is 9.19. The highest BCUT2D eigenvalue weighted by Crippen LogP contribution is 2.66. The van der Waals surface area contributed by atoms with Gasteiger partial charge in [-0.15, -0.1) is 0 Å². The van der Waals surface area contributed by atoms with E-state index in [0.29, 0.717) is 55.9 Å². The molecule has 0 heterocycles. The van der Waals surface area contributed by atoms with Crippen LogP contribution in [0, 0.1) is 28.6 Å². The lowest BCUT2D eigenvalue weighted by Gasteiger charge is -2.62. The molecule has 26 heavy (non-hydrogen) atoms. The quantitative estimate of drug-likeness (QED) is 0.603. The molecule has 0 radical (unpaired) electrons. The number of carbonyl (C=O) groups is 1. The average molecular weight is 365 g/mol. The molecule has 0 spiro atoms. The van der Waals surface area contributed by atoms with Gasteiger partial charge in [0.05, 0.1) is 17.1 Å². The monoisotopic (exact) mass is 364 g/mol. The van der Waals surface area contributed by atoms with Crippen LogP contribution < -0.4 is 0 Å². The summed E-state index contributed by atoms with van der Waals surface area (Å²) in [5.41, 5.74) is -0.963. The molecule has 4 aliphatic rings. The second-order valence-electron chi connectivity index (χ2n) is 9.88. The lowest BCUT2D eigenvalue weighted by Crippen LogP contribution is -2.62. The van der Waals surface area contributed by atoms with E-state index in [4.69, 9.17) is 9.47 Å². The Morgan fingerprint density at radius 3 is 2.65 bits per heavy atom. The van der Waals surface area contributed by atoms with E-state index in [2.05, 4.69) is 6.92 Å². The van der Waals surface area contributed by atoms with E-state index in [1.54, 1.807) is 0 Å². The summed E-state index contributed by atoms with van der Waals surface area (Å²) in [4.78, 5) is 12.6. The topological polar surface area (TPSA) is 55.8 Å². The Morgan fingerprint density at radius 2 is 1.88 bits per heavy atom. The summed E-state index contributed by atoms with van der Waals surface area (Å²) in [5.74, 6) is 1.83. The maximum absolute atomic E-state index is 12.6. The highest BCUT2D eigenvalue weighted by molar-refractivity contribution is 5.88. The number of hydrogen-bond acceptors (Lipinski definition) is 4. The summed E-state index contributed by atoms with van der Waals surface area (Å²) >= 11 is 0. The minimum Gasteiger partial charge on any atom is -0.389 e. The molecular formula is C22H36O4. The number of rotatable bonds is 4. The zero-order valence-electron chi connectivity index (χ0n) is 16.8. The lowest BCUT2D eigenvalue weighted by atomic mass is 9.44. The summed E-state index contributed by atoms with van der Waals surface area (Å²) in [7, 11) is 0. The van der Waals surface area contributed by atoms with Crippen LogP contribution in [0.2, 0.25) is 0 Å². The third-order valence-corrected chi connectivity index (χ3v) is 9.11. The molecule has 0 aromatic heterocycles. The number of carbonyl (C=O) groups excluding carboxylic acids is 1. The van der Waals surface area contributed by atoms with Crippen LogP contribution in [0.5, 0.6) is 0 Å². The van der Waals surface area contributed by atoms with Crippen LogP contribution in [0.4, 0.5) is 0 Å². The molecule has 4 rings (SSSR count). The minimum absolute atomic E-state index is 0.289. The first-order chi connectivity index (χ1) is 12.3. The molecule has 4 heteroatoms. The molecule has 0 aromatic carbocycles. The van der Waals surface area contributed by atoms with Gasteiger partial charge in [-0.05, 0) is 88.4 Å². The summed E-state index contributed by atoms with van der Waals surface area (Å²) < 4.78 is 11.3. The van der Waals surface area contributed by atoms with Crippen molar-refractivity contribution < 1.29 is 19.4 Å². The molecule has 148 valence electrons. The SMILES string of the molecule is CCOCO[C@H]1CC[C@@]2(C)[C@H](CC[C@@H]3[C@@H]2CC[C@]2(C)C(=O)CC[C@]32O)C1. The Labute approximate surface area is 158 Å². The van der Waals surface area contributed by atoms with Gasteiger partial charge in [0.2, 0.25) is 0 Å². The van der Waals surface area contributed by atoms with Crippen molar-refractivity contribution >= 4 is 5.78 Å². The van der Waals surface area contributed by atoms with E-state index in [1.807, 2.05) is 13.8 Å². The molecule has 4 aliphatic carbocycles. The van der Waals surface area contributed by atoms with Gasteiger partial charge in [0.15, 0.2) is 0 Å². The van der Waals surface area contributed by atoms with E-state index in [9.17, 15) is 9.90 Å². The smallest absolute Gasteiger partial charge is 0.147 e. The van der Waals surface area contributed by atoms with Crippen molar-refractivity contribution in [1.82, 2.24) is 0 Å². The zero-order valence-corrected chi connectivity index (χ0v) is 16.8. The molecule has 0 unspecified atom stereocenters. The van der Waals surface area contributed by atoms with Crippen LogP contribution in [-0.2, 0) is 14.3 Å². The van der Waals surface area contributed by atoms with Crippen molar-refractivity contribution in [2.24, 2.45) is 28.6 Å². The molecule has 0 saturated heterocycles. The van der Waals surface area contributed by atoms with E-state index in [0.717, 1.165) is 32.1 Å². The normalized spacial score (nSPS) is 50.8. The lowest BCUT2D eigenvalue weighted by molar-refractivity contribution is -0.207. The molecule has 0 aliphatic heterocycles. The number of aliphatic hydroxyl groups is 1. The third kappa shape index (κ3) is 2.55. The van der Waals surface area contributed by atoms with E-state index < -0.39 is 11.0 Å². The number of Topliss-reactive ketones (excluding diaryl/α,β-unsaturated/α-hetero) is 1. The second kappa shape index (κ2) is 6.56. The fourth-order valence-corrected chi connectivity index (χ4v) is 7.33. The van der Waals surface area contributed by atoms with Gasteiger partial charge < -0.3 is 14.6 Å². The van der Waals surface area contributed by atoms with Crippen molar-refractivity contribution in [1.29, 1.82) is 0 Å². The predicted molar refractivity (Wildman–Crippen MR) is 99.6 cm³/mol. The highest BCUT2D eigenvalue weighted by Gasteiger charge is 2.67. The molecule has 0 aromatic rings. The van der Waals surface area contributed by atoms with Gasteiger partial charge >= 0.3 is 0 Å². The Morgan fingerprint density at radius 1 is 1.08 bits per heavy atom. The molecule has 0 bridgehead atoms.